The third-order valence-electron chi connectivity index (χ3n) is 3.04. The molecule has 0 atom stereocenters. The van der Waals surface area contributed by atoms with Crippen LogP contribution in [0.15, 0.2) is 23.2 Å². The zero-order valence-electron chi connectivity index (χ0n) is 12.3. The van der Waals surface area contributed by atoms with Crippen LogP contribution in [-0.2, 0) is 10.0 Å². The molecule has 0 unspecified atom stereocenters. The maximum absolute atomic E-state index is 11.2. The fourth-order valence-corrected chi connectivity index (χ4v) is 2.31. The molecule has 114 valence electrons. The molecular weight excluding hydrogens is 276 g/mol. The summed E-state index contributed by atoms with van der Waals surface area (Å²) in [5.74, 6) is 0.737. The van der Waals surface area contributed by atoms with E-state index in [2.05, 4.69) is 30.7 Å². The van der Waals surface area contributed by atoms with E-state index in [-0.39, 0.29) is 10.3 Å². The molecule has 0 radical (unpaired) electrons. The van der Waals surface area contributed by atoms with E-state index in [4.69, 9.17) is 10.9 Å². The van der Waals surface area contributed by atoms with Gasteiger partial charge in [0.05, 0.1) is 0 Å². The van der Waals surface area contributed by atoms with Gasteiger partial charge in [-0.1, -0.05) is 20.8 Å². The topological polar surface area (TPSA) is 102 Å². The molecule has 0 amide bonds. The minimum atomic E-state index is -3.70. The number of aromatic nitrogens is 1. The Morgan fingerprint density at radius 3 is 2.40 bits per heavy atom. The van der Waals surface area contributed by atoms with E-state index in [0.717, 1.165) is 25.3 Å². The first kappa shape index (κ1) is 16.9. The lowest BCUT2D eigenvalue weighted by Crippen LogP contribution is -2.39. The minimum Gasteiger partial charge on any atom is -0.356 e. The molecule has 0 fully saturated rings. The number of hydrogen-bond donors (Lipinski definition) is 2. The molecule has 0 saturated heterocycles. The molecule has 0 saturated carbocycles. The highest BCUT2D eigenvalue weighted by Crippen LogP contribution is 2.20. The molecule has 0 aliphatic rings. The molecule has 0 aromatic carbocycles. The van der Waals surface area contributed by atoms with Crippen molar-refractivity contribution in [2.24, 2.45) is 16.3 Å². The third-order valence-corrected chi connectivity index (χ3v) is 3.94. The molecule has 0 bridgehead atoms. The average molecular weight is 300 g/mol. The van der Waals surface area contributed by atoms with E-state index in [1.807, 2.05) is 0 Å². The highest BCUT2D eigenvalue weighted by atomic mass is 32.2. The summed E-state index contributed by atoms with van der Waals surface area (Å²) < 4.78 is 22.4. The van der Waals surface area contributed by atoms with Crippen molar-refractivity contribution in [3.8, 4) is 0 Å². The summed E-state index contributed by atoms with van der Waals surface area (Å²) in [6.45, 7) is 8.44. The highest BCUT2D eigenvalue weighted by Gasteiger charge is 2.21. The number of nitrogens with zero attached hydrogens (tertiary/aromatic N) is 2. The van der Waals surface area contributed by atoms with Crippen molar-refractivity contribution in [2.75, 3.05) is 24.5 Å². The van der Waals surface area contributed by atoms with Gasteiger partial charge in [0.25, 0.3) is 0 Å². The Morgan fingerprint density at radius 2 is 2.00 bits per heavy atom. The van der Waals surface area contributed by atoms with Crippen molar-refractivity contribution in [1.29, 1.82) is 0 Å². The van der Waals surface area contributed by atoms with Crippen LogP contribution in [0.3, 0.4) is 0 Å². The van der Waals surface area contributed by atoms with Gasteiger partial charge in [0.15, 0.2) is 0 Å². The summed E-state index contributed by atoms with van der Waals surface area (Å²) in [4.78, 5) is 6.34. The second-order valence-corrected chi connectivity index (χ2v) is 7.25. The summed E-state index contributed by atoms with van der Waals surface area (Å²) in [6, 6.07) is 3.16. The first-order chi connectivity index (χ1) is 9.19. The molecule has 1 aromatic heterocycles. The Labute approximate surface area is 121 Å². The van der Waals surface area contributed by atoms with Crippen LogP contribution in [0, 0.1) is 5.41 Å². The van der Waals surface area contributed by atoms with E-state index < -0.39 is 10.0 Å². The number of sulfonamides is 1. The third kappa shape index (κ3) is 4.73. The molecule has 7 heteroatoms. The van der Waals surface area contributed by atoms with Crippen LogP contribution in [0.1, 0.15) is 27.2 Å². The van der Waals surface area contributed by atoms with Gasteiger partial charge in [-0.15, -0.1) is 0 Å². The van der Waals surface area contributed by atoms with Crippen LogP contribution in [-0.4, -0.2) is 33.0 Å². The largest absolute Gasteiger partial charge is 0.356 e. The molecule has 0 aliphatic heterocycles. The quantitative estimate of drug-likeness (QED) is 0.780. The number of pyridine rings is 1. The van der Waals surface area contributed by atoms with Gasteiger partial charge in [-0.05, 0) is 30.5 Å². The molecule has 1 rings (SSSR count). The molecule has 20 heavy (non-hydrogen) atoms. The SMILES string of the molecule is CCCN(CC(C)(C)CN)c1ccc(S(N)(=O)=O)cn1. The van der Waals surface area contributed by atoms with Gasteiger partial charge < -0.3 is 10.6 Å². The first-order valence-corrected chi connectivity index (χ1v) is 8.18. The van der Waals surface area contributed by atoms with Crippen LogP contribution < -0.4 is 15.8 Å². The van der Waals surface area contributed by atoms with Crippen molar-refractivity contribution >= 4 is 15.8 Å². The van der Waals surface area contributed by atoms with E-state index in [9.17, 15) is 8.42 Å². The first-order valence-electron chi connectivity index (χ1n) is 6.63. The molecular formula is C13H24N4O2S. The van der Waals surface area contributed by atoms with Gasteiger partial charge in [0, 0.05) is 19.3 Å². The van der Waals surface area contributed by atoms with Gasteiger partial charge in [-0.3, -0.25) is 0 Å². The van der Waals surface area contributed by atoms with Gasteiger partial charge in [-0.25, -0.2) is 18.5 Å². The standard InChI is InChI=1S/C13H24N4O2S/c1-4-7-17(10-13(2,3)9-14)12-6-5-11(8-16-12)20(15,18)19/h5-6,8H,4,7,9-10,14H2,1-3H3,(H2,15,18,19). The normalized spacial score (nSPS) is 12.4. The molecule has 1 heterocycles. The molecule has 1 aromatic rings. The number of rotatable bonds is 7. The number of primary sulfonamides is 1. The molecule has 6 nitrogen and oxygen atoms in total. The van der Waals surface area contributed by atoms with Crippen molar-refractivity contribution in [2.45, 2.75) is 32.1 Å². The van der Waals surface area contributed by atoms with Gasteiger partial charge >= 0.3 is 0 Å². The Balaban J connectivity index is 2.98. The molecule has 0 spiro atoms. The second kappa shape index (κ2) is 6.51. The fourth-order valence-electron chi connectivity index (χ4n) is 1.85. The van der Waals surface area contributed by atoms with Crippen LogP contribution in [0.2, 0.25) is 0 Å². The van der Waals surface area contributed by atoms with Gasteiger partial charge in [-0.2, -0.15) is 0 Å². The van der Waals surface area contributed by atoms with E-state index in [0.29, 0.717) is 6.54 Å². The van der Waals surface area contributed by atoms with Crippen molar-refractivity contribution in [3.63, 3.8) is 0 Å². The molecule has 4 N–H and O–H groups in total. The van der Waals surface area contributed by atoms with Gasteiger partial charge in [0.2, 0.25) is 10.0 Å². The predicted octanol–water partition coefficient (Wildman–Crippen LogP) is 0.930. The summed E-state index contributed by atoms with van der Waals surface area (Å²) in [7, 11) is -3.70. The maximum atomic E-state index is 11.2. The Hall–Kier alpha value is -1.18. The highest BCUT2D eigenvalue weighted by molar-refractivity contribution is 7.89. The Kier molecular flexibility index (Phi) is 5.50. The number of anilines is 1. The minimum absolute atomic E-state index is 0.0239. The number of hydrogen-bond acceptors (Lipinski definition) is 5. The van der Waals surface area contributed by atoms with Gasteiger partial charge in [0.1, 0.15) is 10.7 Å². The number of nitrogens with two attached hydrogens (primary N) is 2. The monoisotopic (exact) mass is 300 g/mol. The second-order valence-electron chi connectivity index (χ2n) is 5.69. The lowest BCUT2D eigenvalue weighted by molar-refractivity contribution is 0.376. The van der Waals surface area contributed by atoms with Crippen LogP contribution in [0.4, 0.5) is 5.82 Å². The summed E-state index contributed by atoms with van der Waals surface area (Å²) >= 11 is 0. The smallest absolute Gasteiger partial charge is 0.239 e. The van der Waals surface area contributed by atoms with Crippen molar-refractivity contribution in [3.05, 3.63) is 18.3 Å². The van der Waals surface area contributed by atoms with Crippen molar-refractivity contribution in [1.82, 2.24) is 4.98 Å². The molecule has 0 aliphatic carbocycles. The Bertz CT molecular complexity index is 526. The summed E-state index contributed by atoms with van der Waals surface area (Å²) in [6.07, 6.45) is 2.27. The zero-order chi connectivity index (χ0) is 15.4. The van der Waals surface area contributed by atoms with E-state index in [1.54, 1.807) is 6.07 Å². The van der Waals surface area contributed by atoms with Crippen molar-refractivity contribution < 1.29 is 8.42 Å². The maximum Gasteiger partial charge on any atom is 0.239 e. The predicted molar refractivity (Wildman–Crippen MR) is 80.9 cm³/mol. The van der Waals surface area contributed by atoms with Crippen LogP contribution in [0.25, 0.3) is 0 Å². The Morgan fingerprint density at radius 1 is 1.35 bits per heavy atom. The zero-order valence-corrected chi connectivity index (χ0v) is 13.2. The summed E-state index contributed by atoms with van der Waals surface area (Å²) in [5.41, 5.74) is 5.73. The summed E-state index contributed by atoms with van der Waals surface area (Å²) in [5, 5.41) is 5.07. The van der Waals surface area contributed by atoms with Crippen LogP contribution >= 0.6 is 0 Å². The fraction of sp³-hybridized carbons (Fsp3) is 0.615. The van der Waals surface area contributed by atoms with E-state index >= 15 is 0 Å². The average Bonchev–Trinajstić information content (AvgIpc) is 2.37. The van der Waals surface area contributed by atoms with E-state index in [1.165, 1.54) is 12.3 Å². The lowest BCUT2D eigenvalue weighted by atomic mass is 9.93. The lowest BCUT2D eigenvalue weighted by Gasteiger charge is -2.32. The van der Waals surface area contributed by atoms with Crippen LogP contribution in [0.5, 0.6) is 0 Å².